The van der Waals surface area contributed by atoms with Crippen LogP contribution in [-0.4, -0.2) is 51.0 Å². The van der Waals surface area contributed by atoms with E-state index in [-0.39, 0.29) is 22.8 Å². The van der Waals surface area contributed by atoms with Crippen LogP contribution >= 0.6 is 0 Å². The number of sulfone groups is 2. The summed E-state index contributed by atoms with van der Waals surface area (Å²) in [7, 11) is -8.81. The molecule has 190 valence electrons. The maximum Gasteiger partial charge on any atom is 0.303 e. The molecule has 0 radical (unpaired) electrons. The van der Waals surface area contributed by atoms with Crippen LogP contribution in [0.4, 0.5) is 0 Å². The molecule has 1 aliphatic heterocycles. The highest BCUT2D eigenvalue weighted by atomic mass is 32.3. The van der Waals surface area contributed by atoms with Gasteiger partial charge in [0, 0.05) is 12.3 Å². The first-order valence-electron chi connectivity index (χ1n) is 11.2. The van der Waals surface area contributed by atoms with Crippen molar-refractivity contribution >= 4 is 25.6 Å². The zero-order valence-corrected chi connectivity index (χ0v) is 21.2. The molecule has 0 amide bonds. The Morgan fingerprint density at radius 3 is 1.94 bits per heavy atom. The van der Waals surface area contributed by atoms with E-state index in [1.165, 1.54) is 54.6 Å². The lowest BCUT2D eigenvalue weighted by atomic mass is 10.0. The molecule has 0 saturated carbocycles. The molecule has 0 bridgehead atoms. The minimum Gasteiger partial charge on any atom is -0.481 e. The highest BCUT2D eigenvalue weighted by molar-refractivity contribution is 8.09. The van der Waals surface area contributed by atoms with Gasteiger partial charge in [-0.15, -0.1) is 0 Å². The van der Waals surface area contributed by atoms with E-state index in [1.54, 1.807) is 32.1 Å². The summed E-state index contributed by atoms with van der Waals surface area (Å²) in [6, 6.07) is 14.9. The summed E-state index contributed by atoms with van der Waals surface area (Å²) in [5.74, 6) is -3.07. The van der Waals surface area contributed by atoms with Gasteiger partial charge in [0.25, 0.3) is 0 Å². The Labute approximate surface area is 206 Å². The van der Waals surface area contributed by atoms with E-state index in [0.717, 1.165) is 0 Å². The third-order valence-corrected chi connectivity index (χ3v) is 10.9. The van der Waals surface area contributed by atoms with Crippen molar-refractivity contribution in [3.63, 3.8) is 0 Å². The molecule has 35 heavy (non-hydrogen) atoms. The van der Waals surface area contributed by atoms with E-state index in [0.29, 0.717) is 12.8 Å². The summed E-state index contributed by atoms with van der Waals surface area (Å²) in [5.41, 5.74) is 0. The van der Waals surface area contributed by atoms with E-state index in [1.807, 2.05) is 0 Å². The summed E-state index contributed by atoms with van der Waals surface area (Å²) in [5, 5.41) is 8.89. The second kappa shape index (κ2) is 11.0. The van der Waals surface area contributed by atoms with Crippen LogP contribution < -0.4 is 0 Å². The van der Waals surface area contributed by atoms with Gasteiger partial charge in [0.15, 0.2) is 30.0 Å². The molecule has 1 N–H and O–H groups in total. The second-order valence-corrected chi connectivity index (χ2v) is 13.2. The summed E-state index contributed by atoms with van der Waals surface area (Å²) < 4.78 is 65.3. The van der Waals surface area contributed by atoms with E-state index in [9.17, 15) is 21.6 Å². The van der Waals surface area contributed by atoms with Crippen molar-refractivity contribution in [1.29, 1.82) is 0 Å². The zero-order chi connectivity index (χ0) is 25.7. The molecule has 1 heterocycles. The van der Waals surface area contributed by atoms with Gasteiger partial charge < -0.3 is 14.6 Å². The van der Waals surface area contributed by atoms with Crippen molar-refractivity contribution < 1.29 is 36.2 Å². The largest absolute Gasteiger partial charge is 0.481 e. The van der Waals surface area contributed by atoms with Gasteiger partial charge in [0.05, 0.1) is 22.5 Å². The molecule has 3 rings (SSSR count). The van der Waals surface area contributed by atoms with Crippen molar-refractivity contribution in [2.75, 3.05) is 6.61 Å². The van der Waals surface area contributed by atoms with Crippen LogP contribution in [0.3, 0.4) is 0 Å². The van der Waals surface area contributed by atoms with E-state index >= 15 is 0 Å². The van der Waals surface area contributed by atoms with E-state index in [2.05, 4.69) is 0 Å². The topological polar surface area (TPSA) is 124 Å². The van der Waals surface area contributed by atoms with Crippen LogP contribution in [0.1, 0.15) is 33.1 Å². The number of hydrogen-bond acceptors (Lipinski definition) is 7. The Bertz CT molecular complexity index is 1170. The molecule has 0 aliphatic carbocycles. The van der Waals surface area contributed by atoms with Crippen molar-refractivity contribution in [3.05, 3.63) is 72.8 Å². The monoisotopic (exact) mass is 522 g/mol. The molecule has 2 atom stereocenters. The van der Waals surface area contributed by atoms with Crippen LogP contribution in [0.2, 0.25) is 0 Å². The quantitative estimate of drug-likeness (QED) is 0.349. The van der Waals surface area contributed by atoms with Crippen molar-refractivity contribution in [1.82, 2.24) is 0 Å². The van der Waals surface area contributed by atoms with Gasteiger partial charge in [-0.2, -0.15) is 0 Å². The van der Waals surface area contributed by atoms with E-state index < -0.39 is 48.0 Å². The van der Waals surface area contributed by atoms with Crippen LogP contribution in [0.25, 0.3) is 0 Å². The third kappa shape index (κ3) is 6.58. The van der Waals surface area contributed by atoms with Crippen LogP contribution in [0.5, 0.6) is 0 Å². The number of allylic oxidation sites excluding steroid dienone is 1. The normalized spacial score (nSPS) is 19.2. The molecule has 0 spiro atoms. The first kappa shape index (κ1) is 27.1. The molecule has 1 fully saturated rings. The highest BCUT2D eigenvalue weighted by Gasteiger charge is 2.50. The summed E-state index contributed by atoms with van der Waals surface area (Å²) in [4.78, 5) is 10.6. The van der Waals surface area contributed by atoms with Crippen molar-refractivity contribution in [2.24, 2.45) is 5.92 Å². The van der Waals surface area contributed by atoms with Crippen molar-refractivity contribution in [2.45, 2.75) is 59.4 Å². The van der Waals surface area contributed by atoms with Crippen LogP contribution in [0.15, 0.2) is 82.6 Å². The molecule has 8 nitrogen and oxygen atoms in total. The fraction of sp³-hybridized carbons (Fsp3) is 0.400. The highest BCUT2D eigenvalue weighted by Crippen LogP contribution is 2.38. The number of aliphatic carboxylic acids is 1. The average molecular weight is 523 g/mol. The molecule has 1 saturated heterocycles. The molecule has 0 unspecified atom stereocenters. The predicted octanol–water partition coefficient (Wildman–Crippen LogP) is 3.84. The minimum absolute atomic E-state index is 0.00223. The first-order valence-corrected chi connectivity index (χ1v) is 14.3. The molecular formula is C25H30O8S2. The molecule has 2 aromatic rings. The number of carboxylic acids is 1. The summed E-state index contributed by atoms with van der Waals surface area (Å²) in [6.07, 6.45) is 2.89. The molecule has 1 aliphatic rings. The number of carbonyl (C=O) groups is 1. The van der Waals surface area contributed by atoms with Gasteiger partial charge in [-0.25, -0.2) is 16.8 Å². The van der Waals surface area contributed by atoms with Gasteiger partial charge in [0.2, 0.25) is 0 Å². The van der Waals surface area contributed by atoms with Gasteiger partial charge >= 0.3 is 5.97 Å². The third-order valence-electron chi connectivity index (χ3n) is 5.65. The lowest BCUT2D eigenvalue weighted by Crippen LogP contribution is -2.43. The number of rotatable bonds is 11. The maximum absolute atomic E-state index is 13.9. The molecular weight excluding hydrogens is 492 g/mol. The van der Waals surface area contributed by atoms with Gasteiger partial charge in [0.1, 0.15) is 0 Å². The Morgan fingerprint density at radius 2 is 1.51 bits per heavy atom. The van der Waals surface area contributed by atoms with Crippen LogP contribution in [-0.2, 0) is 33.9 Å². The Balaban J connectivity index is 2.13. The average Bonchev–Trinajstić information content (AvgIpc) is 3.18. The standard InChI is InChI=1S/C25H30O8S2/c1-25(2)32-18-22(33-25)21(16-10-5-11-17-23(26)27)24(34(28,29)19-12-6-3-7-13-19)35(30,31)20-14-8-4-9-15-20/h3-4,6-10,12-16,21-22,24H,5,11,17-18H2,1-2H3,(H,26,27)/b16-10+/t21-,22+/m0/s1. The number of unbranched alkanes of at least 4 members (excludes halogenated alkanes) is 1. The lowest BCUT2D eigenvalue weighted by Gasteiger charge is -2.29. The smallest absolute Gasteiger partial charge is 0.303 e. The Hall–Kier alpha value is -2.53. The number of hydrogen-bond donors (Lipinski definition) is 1. The fourth-order valence-corrected chi connectivity index (χ4v) is 8.96. The fourth-order valence-electron chi connectivity index (χ4n) is 3.99. The van der Waals surface area contributed by atoms with Crippen molar-refractivity contribution in [3.8, 4) is 0 Å². The van der Waals surface area contributed by atoms with Gasteiger partial charge in [-0.1, -0.05) is 48.6 Å². The van der Waals surface area contributed by atoms with E-state index in [4.69, 9.17) is 14.6 Å². The molecule has 0 aromatic heterocycles. The molecule has 10 heteroatoms. The Kier molecular flexibility index (Phi) is 8.53. The van der Waals surface area contributed by atoms with Crippen LogP contribution in [0, 0.1) is 5.92 Å². The lowest BCUT2D eigenvalue weighted by molar-refractivity contribution is -0.142. The molecule has 2 aromatic carbocycles. The predicted molar refractivity (Wildman–Crippen MR) is 130 cm³/mol. The SMILES string of the molecule is CC1(C)OC[C@H]([C@H](/C=C/CCCC(=O)O)C(S(=O)(=O)c2ccccc2)S(=O)(=O)c2ccccc2)O1. The second-order valence-electron chi connectivity index (χ2n) is 8.74. The Morgan fingerprint density at radius 1 is 1.00 bits per heavy atom. The van der Waals surface area contributed by atoms with Gasteiger partial charge in [-0.05, 0) is 51.0 Å². The van der Waals surface area contributed by atoms with Gasteiger partial charge in [-0.3, -0.25) is 4.79 Å². The number of carboxylic acid groups (broad SMARTS) is 1. The first-order chi connectivity index (χ1) is 16.4. The number of benzene rings is 2. The summed E-state index contributed by atoms with van der Waals surface area (Å²) >= 11 is 0. The number of ether oxygens (including phenoxy) is 2. The minimum atomic E-state index is -4.41. The summed E-state index contributed by atoms with van der Waals surface area (Å²) in [6.45, 7) is 3.35. The zero-order valence-electron chi connectivity index (χ0n) is 19.6. The maximum atomic E-state index is 13.9.